The third-order valence-corrected chi connectivity index (χ3v) is 4.79. The van der Waals surface area contributed by atoms with Crippen LogP contribution in [0.15, 0.2) is 24.3 Å². The lowest BCUT2D eigenvalue weighted by Crippen LogP contribution is -2.49. The van der Waals surface area contributed by atoms with Crippen molar-refractivity contribution >= 4 is 5.91 Å². The molecule has 3 rings (SSSR count). The van der Waals surface area contributed by atoms with E-state index in [1.165, 1.54) is 24.0 Å². The molecule has 0 unspecified atom stereocenters. The van der Waals surface area contributed by atoms with Gasteiger partial charge in [-0.3, -0.25) is 9.69 Å². The van der Waals surface area contributed by atoms with Gasteiger partial charge in [-0.1, -0.05) is 31.2 Å². The average molecular weight is 286 g/mol. The average Bonchev–Trinajstić information content (AvgIpc) is 3.38. The molecule has 2 fully saturated rings. The SMILES string of the molecule is CCc1ccc(CCC(=O)N2CCN(C3CC3)CC2)cc1. The highest BCUT2D eigenvalue weighted by atomic mass is 16.2. The molecule has 1 aliphatic heterocycles. The summed E-state index contributed by atoms with van der Waals surface area (Å²) in [4.78, 5) is 16.9. The Balaban J connectivity index is 1.43. The number of nitrogens with zero attached hydrogens (tertiary/aromatic N) is 2. The second-order valence-corrected chi connectivity index (χ2v) is 6.32. The van der Waals surface area contributed by atoms with Gasteiger partial charge < -0.3 is 4.90 Å². The lowest BCUT2D eigenvalue weighted by molar-refractivity contribution is -0.133. The van der Waals surface area contributed by atoms with Crippen LogP contribution in [0.3, 0.4) is 0 Å². The van der Waals surface area contributed by atoms with Gasteiger partial charge in [-0.15, -0.1) is 0 Å². The van der Waals surface area contributed by atoms with E-state index in [1.807, 2.05) is 0 Å². The normalized spacial score (nSPS) is 19.8. The molecular formula is C18H26N2O. The van der Waals surface area contributed by atoms with Crippen molar-refractivity contribution in [3.05, 3.63) is 35.4 Å². The Morgan fingerprint density at radius 1 is 1.05 bits per heavy atom. The van der Waals surface area contributed by atoms with Crippen LogP contribution >= 0.6 is 0 Å². The summed E-state index contributed by atoms with van der Waals surface area (Å²) in [6.07, 6.45) is 5.31. The highest BCUT2D eigenvalue weighted by Crippen LogP contribution is 2.27. The molecule has 1 aliphatic carbocycles. The Bertz CT molecular complexity index is 470. The van der Waals surface area contributed by atoms with Gasteiger partial charge >= 0.3 is 0 Å². The van der Waals surface area contributed by atoms with Crippen molar-refractivity contribution in [3.63, 3.8) is 0 Å². The molecule has 1 amide bonds. The molecule has 1 saturated carbocycles. The number of hydrogen-bond acceptors (Lipinski definition) is 2. The Labute approximate surface area is 127 Å². The van der Waals surface area contributed by atoms with Gasteiger partial charge in [0.15, 0.2) is 0 Å². The van der Waals surface area contributed by atoms with Crippen LogP contribution in [0.5, 0.6) is 0 Å². The summed E-state index contributed by atoms with van der Waals surface area (Å²) in [6, 6.07) is 9.51. The summed E-state index contributed by atoms with van der Waals surface area (Å²) < 4.78 is 0. The van der Waals surface area contributed by atoms with E-state index in [2.05, 4.69) is 41.0 Å². The maximum atomic E-state index is 12.3. The zero-order valence-electron chi connectivity index (χ0n) is 13.1. The summed E-state index contributed by atoms with van der Waals surface area (Å²) in [6.45, 7) is 6.15. The molecule has 2 aliphatic rings. The maximum absolute atomic E-state index is 12.3. The molecule has 0 radical (unpaired) electrons. The van der Waals surface area contributed by atoms with Crippen molar-refractivity contribution in [2.45, 2.75) is 45.1 Å². The van der Waals surface area contributed by atoms with Crippen molar-refractivity contribution < 1.29 is 4.79 Å². The molecule has 0 bridgehead atoms. The lowest BCUT2D eigenvalue weighted by Gasteiger charge is -2.34. The number of aryl methyl sites for hydroxylation is 2. The minimum Gasteiger partial charge on any atom is -0.340 e. The van der Waals surface area contributed by atoms with Gasteiger partial charge in [0, 0.05) is 38.6 Å². The van der Waals surface area contributed by atoms with Gasteiger partial charge in [-0.05, 0) is 36.8 Å². The molecule has 1 aromatic carbocycles. The van der Waals surface area contributed by atoms with E-state index in [9.17, 15) is 4.79 Å². The first-order valence-corrected chi connectivity index (χ1v) is 8.36. The Kier molecular flexibility index (Phi) is 4.59. The van der Waals surface area contributed by atoms with Gasteiger partial charge in [0.2, 0.25) is 5.91 Å². The number of carbonyl (C=O) groups is 1. The lowest BCUT2D eigenvalue weighted by atomic mass is 10.1. The van der Waals surface area contributed by atoms with Gasteiger partial charge in [0.05, 0.1) is 0 Å². The number of hydrogen-bond donors (Lipinski definition) is 0. The summed E-state index contributed by atoms with van der Waals surface area (Å²) in [5, 5.41) is 0. The first-order valence-electron chi connectivity index (χ1n) is 8.36. The maximum Gasteiger partial charge on any atom is 0.222 e. The summed E-state index contributed by atoms with van der Waals surface area (Å²) >= 11 is 0. The van der Waals surface area contributed by atoms with E-state index in [4.69, 9.17) is 0 Å². The van der Waals surface area contributed by atoms with E-state index < -0.39 is 0 Å². The topological polar surface area (TPSA) is 23.6 Å². The van der Waals surface area contributed by atoms with E-state index in [-0.39, 0.29) is 0 Å². The third-order valence-electron chi connectivity index (χ3n) is 4.79. The number of rotatable bonds is 5. The molecular weight excluding hydrogens is 260 g/mol. The fraction of sp³-hybridized carbons (Fsp3) is 0.611. The number of carbonyl (C=O) groups excluding carboxylic acids is 1. The zero-order valence-corrected chi connectivity index (χ0v) is 13.1. The highest BCUT2D eigenvalue weighted by molar-refractivity contribution is 5.76. The van der Waals surface area contributed by atoms with E-state index in [0.29, 0.717) is 12.3 Å². The molecule has 0 N–H and O–H groups in total. The van der Waals surface area contributed by atoms with Crippen molar-refractivity contribution in [3.8, 4) is 0 Å². The molecule has 0 aromatic heterocycles. The molecule has 114 valence electrons. The standard InChI is InChI=1S/C18H26N2O/c1-2-15-3-5-16(6-4-15)7-10-18(21)20-13-11-19(12-14-20)17-8-9-17/h3-6,17H,2,7-14H2,1H3. The first kappa shape index (κ1) is 14.6. The Morgan fingerprint density at radius 2 is 1.67 bits per heavy atom. The minimum absolute atomic E-state index is 0.324. The molecule has 1 saturated heterocycles. The van der Waals surface area contributed by atoms with Gasteiger partial charge in [0.25, 0.3) is 0 Å². The van der Waals surface area contributed by atoms with Crippen LogP contribution in [0.2, 0.25) is 0 Å². The molecule has 0 spiro atoms. The largest absolute Gasteiger partial charge is 0.340 e. The quantitative estimate of drug-likeness (QED) is 0.830. The zero-order chi connectivity index (χ0) is 14.7. The Morgan fingerprint density at radius 3 is 2.24 bits per heavy atom. The molecule has 0 atom stereocenters. The molecule has 3 heteroatoms. The smallest absolute Gasteiger partial charge is 0.222 e. The van der Waals surface area contributed by atoms with E-state index in [0.717, 1.165) is 45.1 Å². The van der Waals surface area contributed by atoms with Crippen molar-refractivity contribution in [2.75, 3.05) is 26.2 Å². The van der Waals surface area contributed by atoms with Gasteiger partial charge in [0.1, 0.15) is 0 Å². The summed E-state index contributed by atoms with van der Waals surface area (Å²) in [5.41, 5.74) is 2.64. The minimum atomic E-state index is 0.324. The molecule has 1 heterocycles. The monoisotopic (exact) mass is 286 g/mol. The van der Waals surface area contributed by atoms with Crippen molar-refractivity contribution in [1.29, 1.82) is 0 Å². The van der Waals surface area contributed by atoms with E-state index >= 15 is 0 Å². The molecule has 1 aromatic rings. The summed E-state index contributed by atoms with van der Waals surface area (Å²) in [7, 11) is 0. The number of amides is 1. The number of benzene rings is 1. The third kappa shape index (κ3) is 3.85. The predicted molar refractivity (Wildman–Crippen MR) is 85.3 cm³/mol. The second kappa shape index (κ2) is 6.61. The predicted octanol–water partition coefficient (Wildman–Crippen LogP) is 2.49. The van der Waals surface area contributed by atoms with Crippen molar-refractivity contribution in [2.24, 2.45) is 0 Å². The van der Waals surface area contributed by atoms with Crippen LogP contribution in [-0.2, 0) is 17.6 Å². The van der Waals surface area contributed by atoms with Crippen LogP contribution in [0.4, 0.5) is 0 Å². The van der Waals surface area contributed by atoms with Crippen LogP contribution < -0.4 is 0 Å². The fourth-order valence-electron chi connectivity index (χ4n) is 3.13. The van der Waals surface area contributed by atoms with Crippen LogP contribution in [0.1, 0.15) is 37.3 Å². The fourth-order valence-corrected chi connectivity index (χ4v) is 3.13. The van der Waals surface area contributed by atoms with Gasteiger partial charge in [-0.25, -0.2) is 0 Å². The van der Waals surface area contributed by atoms with Crippen LogP contribution in [0, 0.1) is 0 Å². The van der Waals surface area contributed by atoms with Crippen LogP contribution in [-0.4, -0.2) is 47.9 Å². The van der Waals surface area contributed by atoms with Crippen molar-refractivity contribution in [1.82, 2.24) is 9.80 Å². The molecule has 21 heavy (non-hydrogen) atoms. The van der Waals surface area contributed by atoms with E-state index in [1.54, 1.807) is 0 Å². The van der Waals surface area contributed by atoms with Gasteiger partial charge in [-0.2, -0.15) is 0 Å². The Hall–Kier alpha value is -1.35. The first-order chi connectivity index (χ1) is 10.3. The van der Waals surface area contributed by atoms with Crippen LogP contribution in [0.25, 0.3) is 0 Å². The second-order valence-electron chi connectivity index (χ2n) is 6.32. The molecule has 3 nitrogen and oxygen atoms in total. The highest BCUT2D eigenvalue weighted by Gasteiger charge is 2.31. The summed E-state index contributed by atoms with van der Waals surface area (Å²) in [5.74, 6) is 0.324. The number of piperazine rings is 1.